The molecule has 0 radical (unpaired) electrons. The van der Waals surface area contributed by atoms with Crippen molar-refractivity contribution < 1.29 is 4.79 Å². The average molecular weight is 383 g/mol. The number of amides is 1. The number of nitrogens with one attached hydrogen (secondary N) is 1. The Morgan fingerprint density at radius 3 is 2.67 bits per heavy atom. The largest absolute Gasteiger partial charge is 0.325 e. The van der Waals surface area contributed by atoms with E-state index in [1.165, 1.54) is 37.4 Å². The van der Waals surface area contributed by atoms with E-state index in [1.807, 2.05) is 0 Å². The summed E-state index contributed by atoms with van der Waals surface area (Å²) in [5.41, 5.74) is 0.636. The number of aromatic nitrogens is 3. The molecule has 2 aromatic rings. The van der Waals surface area contributed by atoms with Gasteiger partial charge in [0.25, 0.3) is 0 Å². The Morgan fingerprint density at radius 2 is 2.00 bits per heavy atom. The third-order valence-corrected chi connectivity index (χ3v) is 5.76. The van der Waals surface area contributed by atoms with Crippen LogP contribution in [0.25, 0.3) is 0 Å². The van der Waals surface area contributed by atoms with E-state index in [9.17, 15) is 4.79 Å². The molecular formula is C16H16Cl2N4OS. The average Bonchev–Trinajstić information content (AvgIpc) is 3.48. The maximum atomic E-state index is 12.2. The summed E-state index contributed by atoms with van der Waals surface area (Å²) in [7, 11) is 0. The molecule has 24 heavy (non-hydrogen) atoms. The molecule has 0 bridgehead atoms. The van der Waals surface area contributed by atoms with Crippen LogP contribution in [0.2, 0.25) is 10.0 Å². The zero-order valence-corrected chi connectivity index (χ0v) is 15.2. The number of nitrogens with zero attached hydrogens (tertiary/aromatic N) is 3. The van der Waals surface area contributed by atoms with Gasteiger partial charge in [-0.2, -0.15) is 0 Å². The molecule has 2 aliphatic carbocycles. The van der Waals surface area contributed by atoms with E-state index >= 15 is 0 Å². The number of halogens is 2. The molecule has 0 spiro atoms. The lowest BCUT2D eigenvalue weighted by molar-refractivity contribution is -0.113. The molecule has 5 nitrogen and oxygen atoms in total. The number of benzene rings is 1. The van der Waals surface area contributed by atoms with Crippen LogP contribution >= 0.6 is 35.0 Å². The van der Waals surface area contributed by atoms with Crippen molar-refractivity contribution in [1.29, 1.82) is 0 Å². The van der Waals surface area contributed by atoms with Crippen LogP contribution in [0.15, 0.2) is 23.4 Å². The minimum atomic E-state index is -0.100. The summed E-state index contributed by atoms with van der Waals surface area (Å²) in [6, 6.07) is 5.56. The first-order valence-electron chi connectivity index (χ1n) is 7.94. The summed E-state index contributed by atoms with van der Waals surface area (Å²) in [5, 5.41) is 13.2. The van der Waals surface area contributed by atoms with E-state index in [0.29, 0.717) is 27.7 Å². The van der Waals surface area contributed by atoms with Gasteiger partial charge in [0.2, 0.25) is 5.91 Å². The van der Waals surface area contributed by atoms with Crippen LogP contribution < -0.4 is 5.32 Å². The lowest BCUT2D eigenvalue weighted by Gasteiger charge is -2.09. The molecule has 1 heterocycles. The predicted octanol–water partition coefficient (Wildman–Crippen LogP) is 4.53. The van der Waals surface area contributed by atoms with Crippen LogP contribution in [0.3, 0.4) is 0 Å². The summed E-state index contributed by atoms with van der Waals surface area (Å²) < 4.78 is 2.24. The maximum Gasteiger partial charge on any atom is 0.234 e. The van der Waals surface area contributed by atoms with Crippen LogP contribution in [0.4, 0.5) is 5.69 Å². The molecule has 2 saturated carbocycles. The van der Waals surface area contributed by atoms with Gasteiger partial charge in [-0.3, -0.25) is 4.79 Å². The second-order valence-electron chi connectivity index (χ2n) is 6.18. The van der Waals surface area contributed by atoms with Gasteiger partial charge >= 0.3 is 0 Å². The fourth-order valence-electron chi connectivity index (χ4n) is 2.58. The standard InChI is InChI=1S/C16H16Cl2N4OS/c17-12-6-3-10(7-13(12)18)19-14(23)8-24-16-21-20-15(9-1-2-9)22(16)11-4-5-11/h3,6-7,9,11H,1-2,4-5,8H2,(H,19,23). The molecule has 1 N–H and O–H groups in total. The number of hydrogen-bond acceptors (Lipinski definition) is 4. The molecule has 126 valence electrons. The van der Waals surface area contributed by atoms with Crippen LogP contribution in [0.1, 0.15) is 43.5 Å². The van der Waals surface area contributed by atoms with Crippen molar-refractivity contribution in [3.05, 3.63) is 34.1 Å². The van der Waals surface area contributed by atoms with Crippen molar-refractivity contribution in [2.45, 2.75) is 42.8 Å². The van der Waals surface area contributed by atoms with E-state index in [0.717, 1.165) is 11.0 Å². The monoisotopic (exact) mass is 382 g/mol. The van der Waals surface area contributed by atoms with Crippen molar-refractivity contribution >= 4 is 46.6 Å². The fraction of sp³-hybridized carbons (Fsp3) is 0.438. The molecule has 0 saturated heterocycles. The topological polar surface area (TPSA) is 59.8 Å². The Kier molecular flexibility index (Phi) is 4.45. The van der Waals surface area contributed by atoms with Crippen molar-refractivity contribution in [2.75, 3.05) is 11.1 Å². The molecule has 2 fully saturated rings. The third-order valence-electron chi connectivity index (χ3n) is 4.08. The summed E-state index contributed by atoms with van der Waals surface area (Å²) >= 11 is 13.3. The minimum absolute atomic E-state index is 0.100. The van der Waals surface area contributed by atoms with Crippen LogP contribution in [-0.2, 0) is 4.79 Å². The molecule has 1 aromatic carbocycles. The van der Waals surface area contributed by atoms with Crippen LogP contribution in [-0.4, -0.2) is 26.4 Å². The molecule has 1 amide bonds. The smallest absolute Gasteiger partial charge is 0.234 e. The van der Waals surface area contributed by atoms with E-state index in [2.05, 4.69) is 20.1 Å². The zero-order valence-electron chi connectivity index (χ0n) is 12.8. The number of hydrogen-bond donors (Lipinski definition) is 1. The van der Waals surface area contributed by atoms with Crippen LogP contribution in [0, 0.1) is 0 Å². The summed E-state index contributed by atoms with van der Waals surface area (Å²) in [5.74, 6) is 1.86. The molecule has 0 atom stereocenters. The molecule has 2 aliphatic rings. The molecular weight excluding hydrogens is 367 g/mol. The molecule has 0 aliphatic heterocycles. The molecule has 1 aromatic heterocycles. The number of carbonyl (C=O) groups excluding carboxylic acids is 1. The number of thioether (sulfide) groups is 1. The normalized spacial score (nSPS) is 17.1. The summed E-state index contributed by atoms with van der Waals surface area (Å²) in [6.07, 6.45) is 4.77. The highest BCUT2D eigenvalue weighted by Gasteiger charge is 2.36. The van der Waals surface area contributed by atoms with Crippen molar-refractivity contribution in [3.8, 4) is 0 Å². The molecule has 0 unspecified atom stereocenters. The summed E-state index contributed by atoms with van der Waals surface area (Å²) in [4.78, 5) is 12.2. The highest BCUT2D eigenvalue weighted by molar-refractivity contribution is 7.99. The van der Waals surface area contributed by atoms with Gasteiger partial charge in [0, 0.05) is 17.6 Å². The van der Waals surface area contributed by atoms with Gasteiger partial charge in [0.05, 0.1) is 15.8 Å². The second kappa shape index (κ2) is 6.58. The van der Waals surface area contributed by atoms with Gasteiger partial charge in [-0.15, -0.1) is 10.2 Å². The van der Waals surface area contributed by atoms with Gasteiger partial charge in [0.1, 0.15) is 5.82 Å². The Labute approximate surface area is 154 Å². The Balaban J connectivity index is 1.39. The fourth-order valence-corrected chi connectivity index (χ4v) is 3.69. The highest BCUT2D eigenvalue weighted by Crippen LogP contribution is 2.45. The Bertz CT molecular complexity index is 786. The van der Waals surface area contributed by atoms with Gasteiger partial charge < -0.3 is 9.88 Å². The van der Waals surface area contributed by atoms with Crippen molar-refractivity contribution in [1.82, 2.24) is 14.8 Å². The number of rotatable bonds is 6. The first-order chi connectivity index (χ1) is 11.6. The van der Waals surface area contributed by atoms with Crippen LogP contribution in [0.5, 0.6) is 0 Å². The Hall–Kier alpha value is -1.24. The van der Waals surface area contributed by atoms with Gasteiger partial charge in [-0.25, -0.2) is 0 Å². The number of carbonyl (C=O) groups is 1. The van der Waals surface area contributed by atoms with E-state index in [1.54, 1.807) is 18.2 Å². The van der Waals surface area contributed by atoms with E-state index in [-0.39, 0.29) is 11.7 Å². The van der Waals surface area contributed by atoms with E-state index < -0.39 is 0 Å². The maximum absolute atomic E-state index is 12.2. The quantitative estimate of drug-likeness (QED) is 0.745. The lowest BCUT2D eigenvalue weighted by atomic mass is 10.3. The van der Waals surface area contributed by atoms with Gasteiger partial charge in [-0.1, -0.05) is 35.0 Å². The van der Waals surface area contributed by atoms with Gasteiger partial charge in [0.15, 0.2) is 5.16 Å². The van der Waals surface area contributed by atoms with E-state index in [4.69, 9.17) is 23.2 Å². The van der Waals surface area contributed by atoms with Crippen molar-refractivity contribution in [2.24, 2.45) is 0 Å². The first-order valence-corrected chi connectivity index (χ1v) is 9.68. The second-order valence-corrected chi connectivity index (χ2v) is 7.94. The highest BCUT2D eigenvalue weighted by atomic mass is 35.5. The summed E-state index contributed by atoms with van der Waals surface area (Å²) in [6.45, 7) is 0. The number of anilines is 1. The molecule has 4 rings (SSSR count). The molecule has 8 heteroatoms. The lowest BCUT2D eigenvalue weighted by Crippen LogP contribution is -2.14. The predicted molar refractivity (Wildman–Crippen MR) is 96.1 cm³/mol. The van der Waals surface area contributed by atoms with Crippen molar-refractivity contribution in [3.63, 3.8) is 0 Å². The first kappa shape index (κ1) is 16.2. The SMILES string of the molecule is O=C(CSc1nnc(C2CC2)n1C1CC1)Nc1ccc(Cl)c(Cl)c1. The Morgan fingerprint density at radius 1 is 1.21 bits per heavy atom. The van der Waals surface area contributed by atoms with Gasteiger partial charge in [-0.05, 0) is 43.9 Å². The third kappa shape index (κ3) is 3.55. The minimum Gasteiger partial charge on any atom is -0.325 e. The zero-order chi connectivity index (χ0) is 16.7.